The van der Waals surface area contributed by atoms with Crippen molar-refractivity contribution in [3.63, 3.8) is 0 Å². The van der Waals surface area contributed by atoms with E-state index in [0.29, 0.717) is 26.6 Å². The van der Waals surface area contributed by atoms with Crippen LogP contribution in [0.25, 0.3) is 15.9 Å². The van der Waals surface area contributed by atoms with E-state index in [0.717, 1.165) is 11.1 Å². The number of benzene rings is 2. The average molecular weight is 350 g/mol. The first-order valence-electron chi connectivity index (χ1n) is 7.70. The van der Waals surface area contributed by atoms with Gasteiger partial charge in [-0.1, -0.05) is 29.5 Å². The van der Waals surface area contributed by atoms with Crippen LogP contribution in [-0.4, -0.2) is 20.5 Å². The molecule has 0 saturated heterocycles. The number of nitrogens with one attached hydrogen (secondary N) is 1. The summed E-state index contributed by atoms with van der Waals surface area (Å²) in [5.74, 6) is -0.264. The minimum absolute atomic E-state index is 0.247. The van der Waals surface area contributed by atoms with Gasteiger partial charge < -0.3 is 0 Å². The lowest BCUT2D eigenvalue weighted by molar-refractivity contribution is 0.102. The lowest BCUT2D eigenvalue weighted by atomic mass is 10.1. The molecule has 25 heavy (non-hydrogen) atoms. The average Bonchev–Trinajstić information content (AvgIpc) is 3.00. The molecule has 0 radical (unpaired) electrons. The summed E-state index contributed by atoms with van der Waals surface area (Å²) in [6.07, 6.45) is 0. The third kappa shape index (κ3) is 2.68. The summed E-state index contributed by atoms with van der Waals surface area (Å²) in [7, 11) is 0. The molecule has 2 aromatic carbocycles. The Bertz CT molecular complexity index is 1190. The molecule has 0 fully saturated rings. The molecule has 0 atom stereocenters. The van der Waals surface area contributed by atoms with Gasteiger partial charge in [-0.2, -0.15) is 4.52 Å². The SMILES string of the molecule is Cc1ccc(C(=O)Nc2nn3c(=O)c4ccccc4nc3s2)cc1C. The first-order chi connectivity index (χ1) is 12.0. The number of rotatable bonds is 2. The van der Waals surface area contributed by atoms with Crippen LogP contribution in [0.2, 0.25) is 0 Å². The molecule has 1 N–H and O–H groups in total. The van der Waals surface area contributed by atoms with E-state index in [1.807, 2.05) is 32.0 Å². The first-order valence-corrected chi connectivity index (χ1v) is 8.52. The summed E-state index contributed by atoms with van der Waals surface area (Å²) in [5, 5.41) is 7.77. The predicted octanol–water partition coefficient (Wildman–Crippen LogP) is 3.17. The van der Waals surface area contributed by atoms with Crippen molar-refractivity contribution in [1.82, 2.24) is 14.6 Å². The molecule has 7 heteroatoms. The minimum atomic E-state index is -0.264. The predicted molar refractivity (Wildman–Crippen MR) is 98.5 cm³/mol. The zero-order valence-electron chi connectivity index (χ0n) is 13.6. The lowest BCUT2D eigenvalue weighted by Crippen LogP contribution is -2.16. The highest BCUT2D eigenvalue weighted by atomic mass is 32.1. The highest BCUT2D eigenvalue weighted by Crippen LogP contribution is 2.20. The molecule has 2 aromatic heterocycles. The van der Waals surface area contributed by atoms with Gasteiger partial charge in [-0.05, 0) is 49.2 Å². The summed E-state index contributed by atoms with van der Waals surface area (Å²) in [6, 6.07) is 12.6. The van der Waals surface area contributed by atoms with Crippen LogP contribution < -0.4 is 10.9 Å². The van der Waals surface area contributed by atoms with E-state index in [4.69, 9.17) is 0 Å². The number of amides is 1. The number of nitrogens with zero attached hydrogens (tertiary/aromatic N) is 3. The van der Waals surface area contributed by atoms with E-state index in [9.17, 15) is 9.59 Å². The van der Waals surface area contributed by atoms with Crippen molar-refractivity contribution in [1.29, 1.82) is 0 Å². The van der Waals surface area contributed by atoms with Gasteiger partial charge in [0.1, 0.15) is 0 Å². The van der Waals surface area contributed by atoms with Crippen LogP contribution in [0.3, 0.4) is 0 Å². The van der Waals surface area contributed by atoms with Crippen LogP contribution in [0.1, 0.15) is 21.5 Å². The van der Waals surface area contributed by atoms with E-state index in [2.05, 4.69) is 15.4 Å². The third-order valence-electron chi connectivity index (χ3n) is 4.09. The standard InChI is InChI=1S/C18H14N4O2S/c1-10-7-8-12(9-11(10)2)15(23)20-17-21-22-16(24)13-5-3-4-6-14(13)19-18(22)25-17/h3-9H,1-2H3,(H,20,21,23). The minimum Gasteiger partial charge on any atom is -0.296 e. The summed E-state index contributed by atoms with van der Waals surface area (Å²) >= 11 is 1.17. The molecule has 0 saturated carbocycles. The van der Waals surface area contributed by atoms with Crippen molar-refractivity contribution in [2.24, 2.45) is 0 Å². The second-order valence-corrected chi connectivity index (χ2v) is 6.74. The monoisotopic (exact) mass is 350 g/mol. The van der Waals surface area contributed by atoms with Crippen molar-refractivity contribution < 1.29 is 4.79 Å². The Morgan fingerprint density at radius 3 is 2.72 bits per heavy atom. The van der Waals surface area contributed by atoms with Gasteiger partial charge in [0.05, 0.1) is 10.9 Å². The summed E-state index contributed by atoms with van der Waals surface area (Å²) in [4.78, 5) is 29.8. The molecule has 0 spiro atoms. The van der Waals surface area contributed by atoms with Gasteiger partial charge in [0.15, 0.2) is 0 Å². The van der Waals surface area contributed by atoms with Gasteiger partial charge in [0.25, 0.3) is 11.5 Å². The fourth-order valence-electron chi connectivity index (χ4n) is 2.56. The van der Waals surface area contributed by atoms with Gasteiger partial charge in [-0.25, -0.2) is 4.98 Å². The highest BCUT2D eigenvalue weighted by molar-refractivity contribution is 7.20. The second-order valence-electron chi connectivity index (χ2n) is 5.79. The Hall–Kier alpha value is -3.06. The number of para-hydroxylation sites is 1. The molecule has 2 heterocycles. The number of aromatic nitrogens is 3. The highest BCUT2D eigenvalue weighted by Gasteiger charge is 2.14. The van der Waals surface area contributed by atoms with Crippen molar-refractivity contribution in [2.75, 3.05) is 5.32 Å². The van der Waals surface area contributed by atoms with Gasteiger partial charge in [-0.15, -0.1) is 5.10 Å². The van der Waals surface area contributed by atoms with E-state index in [1.54, 1.807) is 24.3 Å². The first kappa shape index (κ1) is 15.5. The smallest absolute Gasteiger partial charge is 0.283 e. The van der Waals surface area contributed by atoms with E-state index in [1.165, 1.54) is 15.9 Å². The molecule has 0 aliphatic carbocycles. The third-order valence-corrected chi connectivity index (χ3v) is 4.92. The van der Waals surface area contributed by atoms with Crippen LogP contribution in [0.4, 0.5) is 5.13 Å². The molecule has 0 bridgehead atoms. The van der Waals surface area contributed by atoms with Crippen molar-refractivity contribution in [2.45, 2.75) is 13.8 Å². The molecular formula is C18H14N4O2S. The van der Waals surface area contributed by atoms with Crippen LogP contribution in [0.15, 0.2) is 47.3 Å². The maximum absolute atomic E-state index is 12.5. The number of carbonyl (C=O) groups is 1. The van der Waals surface area contributed by atoms with Gasteiger partial charge in [0.2, 0.25) is 10.1 Å². The largest absolute Gasteiger partial charge is 0.296 e. The summed E-state index contributed by atoms with van der Waals surface area (Å²) in [6.45, 7) is 3.95. The van der Waals surface area contributed by atoms with Crippen molar-refractivity contribution >= 4 is 38.2 Å². The van der Waals surface area contributed by atoms with Crippen LogP contribution >= 0.6 is 11.3 Å². The number of anilines is 1. The Balaban J connectivity index is 1.73. The molecule has 124 valence electrons. The van der Waals surface area contributed by atoms with Crippen LogP contribution in [0, 0.1) is 13.8 Å². The molecule has 4 rings (SSSR count). The fourth-order valence-corrected chi connectivity index (χ4v) is 3.35. The maximum Gasteiger partial charge on any atom is 0.283 e. The molecule has 0 unspecified atom stereocenters. The number of carbonyl (C=O) groups excluding carboxylic acids is 1. The Kier molecular flexibility index (Phi) is 3.58. The number of hydrogen-bond acceptors (Lipinski definition) is 5. The number of aryl methyl sites for hydroxylation is 2. The van der Waals surface area contributed by atoms with Crippen molar-refractivity contribution in [3.05, 3.63) is 69.5 Å². The molecule has 0 aliphatic heterocycles. The van der Waals surface area contributed by atoms with Crippen molar-refractivity contribution in [3.8, 4) is 0 Å². The summed E-state index contributed by atoms with van der Waals surface area (Å²) in [5.41, 5.74) is 3.08. The van der Waals surface area contributed by atoms with Crippen LogP contribution in [-0.2, 0) is 0 Å². The quantitative estimate of drug-likeness (QED) is 0.602. The Morgan fingerprint density at radius 2 is 1.92 bits per heavy atom. The van der Waals surface area contributed by atoms with E-state index < -0.39 is 0 Å². The van der Waals surface area contributed by atoms with Gasteiger partial charge >= 0.3 is 0 Å². The zero-order chi connectivity index (χ0) is 17.6. The molecular weight excluding hydrogens is 336 g/mol. The lowest BCUT2D eigenvalue weighted by Gasteiger charge is -2.04. The fraction of sp³-hybridized carbons (Fsp3) is 0.111. The maximum atomic E-state index is 12.5. The molecule has 6 nitrogen and oxygen atoms in total. The Labute approximate surface area is 146 Å². The normalized spacial score (nSPS) is 11.1. The zero-order valence-corrected chi connectivity index (χ0v) is 14.4. The van der Waals surface area contributed by atoms with Gasteiger partial charge in [-0.3, -0.25) is 14.9 Å². The number of hydrogen-bond donors (Lipinski definition) is 1. The molecule has 4 aromatic rings. The van der Waals surface area contributed by atoms with Gasteiger partial charge in [0, 0.05) is 5.56 Å². The topological polar surface area (TPSA) is 76.4 Å². The number of fused-ring (bicyclic) bond motifs is 2. The molecule has 1 amide bonds. The van der Waals surface area contributed by atoms with E-state index in [-0.39, 0.29) is 11.5 Å². The van der Waals surface area contributed by atoms with Crippen LogP contribution in [0.5, 0.6) is 0 Å². The Morgan fingerprint density at radius 1 is 1.12 bits per heavy atom. The van der Waals surface area contributed by atoms with E-state index >= 15 is 0 Å². The molecule has 0 aliphatic rings. The summed E-state index contributed by atoms with van der Waals surface area (Å²) < 4.78 is 1.23. The second kappa shape index (κ2) is 5.78.